The summed E-state index contributed by atoms with van der Waals surface area (Å²) in [5.41, 5.74) is 0.451. The standard InChI is InChI=1S/C11H13FO2/c1-3-6-14-11-5-4-9(12)7-10(11)8(2)13/h3-5,7-8,13H,1,6H2,2H3/t8-/m0/s1. The summed E-state index contributed by atoms with van der Waals surface area (Å²) in [6.45, 7) is 5.41. The van der Waals surface area contributed by atoms with Crippen molar-refractivity contribution in [1.29, 1.82) is 0 Å². The molecule has 1 atom stereocenters. The van der Waals surface area contributed by atoms with E-state index >= 15 is 0 Å². The van der Waals surface area contributed by atoms with E-state index in [9.17, 15) is 9.50 Å². The molecule has 0 aliphatic carbocycles. The maximum Gasteiger partial charge on any atom is 0.125 e. The first-order chi connectivity index (χ1) is 6.65. The highest BCUT2D eigenvalue weighted by Crippen LogP contribution is 2.25. The predicted octanol–water partition coefficient (Wildman–Crippen LogP) is 2.44. The Kier molecular flexibility index (Phi) is 3.65. The molecule has 1 N–H and O–H groups in total. The van der Waals surface area contributed by atoms with Crippen LogP contribution in [0, 0.1) is 5.82 Å². The molecule has 1 aromatic carbocycles. The van der Waals surface area contributed by atoms with Gasteiger partial charge in [0.1, 0.15) is 18.2 Å². The summed E-state index contributed by atoms with van der Waals surface area (Å²) < 4.78 is 18.1. The van der Waals surface area contributed by atoms with Crippen molar-refractivity contribution in [2.45, 2.75) is 13.0 Å². The number of ether oxygens (including phenoxy) is 1. The Morgan fingerprint density at radius 1 is 1.64 bits per heavy atom. The molecule has 0 aliphatic heterocycles. The lowest BCUT2D eigenvalue weighted by Gasteiger charge is -2.12. The van der Waals surface area contributed by atoms with Gasteiger partial charge in [0.05, 0.1) is 6.10 Å². The number of hydrogen-bond acceptors (Lipinski definition) is 2. The molecular formula is C11H13FO2. The quantitative estimate of drug-likeness (QED) is 0.749. The summed E-state index contributed by atoms with van der Waals surface area (Å²) in [4.78, 5) is 0. The number of hydrogen-bond donors (Lipinski definition) is 1. The van der Waals surface area contributed by atoms with Gasteiger partial charge >= 0.3 is 0 Å². The van der Waals surface area contributed by atoms with E-state index in [1.807, 2.05) is 0 Å². The zero-order valence-electron chi connectivity index (χ0n) is 8.03. The van der Waals surface area contributed by atoms with Crippen molar-refractivity contribution in [2.75, 3.05) is 6.61 Å². The maximum absolute atomic E-state index is 12.8. The molecule has 0 fully saturated rings. The van der Waals surface area contributed by atoms with E-state index in [-0.39, 0.29) is 5.82 Å². The molecule has 0 saturated carbocycles. The zero-order valence-corrected chi connectivity index (χ0v) is 8.03. The smallest absolute Gasteiger partial charge is 0.125 e. The molecule has 3 heteroatoms. The number of benzene rings is 1. The van der Waals surface area contributed by atoms with E-state index in [0.29, 0.717) is 17.9 Å². The Bertz CT molecular complexity index is 321. The van der Waals surface area contributed by atoms with Gasteiger partial charge in [-0.25, -0.2) is 4.39 Å². The van der Waals surface area contributed by atoms with E-state index in [1.165, 1.54) is 18.2 Å². The van der Waals surface area contributed by atoms with Crippen molar-refractivity contribution < 1.29 is 14.2 Å². The number of aliphatic hydroxyl groups is 1. The Morgan fingerprint density at radius 3 is 2.93 bits per heavy atom. The molecule has 0 bridgehead atoms. The van der Waals surface area contributed by atoms with Gasteiger partial charge in [0.25, 0.3) is 0 Å². The first kappa shape index (κ1) is 10.7. The van der Waals surface area contributed by atoms with Gasteiger partial charge in [-0.1, -0.05) is 12.7 Å². The highest BCUT2D eigenvalue weighted by atomic mass is 19.1. The van der Waals surface area contributed by atoms with Crippen LogP contribution in [-0.4, -0.2) is 11.7 Å². The molecule has 0 aromatic heterocycles. The highest BCUT2D eigenvalue weighted by molar-refractivity contribution is 5.35. The van der Waals surface area contributed by atoms with E-state index in [2.05, 4.69) is 6.58 Å². The van der Waals surface area contributed by atoms with Gasteiger partial charge in [0.15, 0.2) is 0 Å². The van der Waals surface area contributed by atoms with E-state index < -0.39 is 6.10 Å². The van der Waals surface area contributed by atoms with Gasteiger partial charge < -0.3 is 9.84 Å². The average molecular weight is 196 g/mol. The summed E-state index contributed by atoms with van der Waals surface area (Å²) >= 11 is 0. The Balaban J connectivity index is 2.95. The molecule has 0 radical (unpaired) electrons. The lowest BCUT2D eigenvalue weighted by molar-refractivity contribution is 0.192. The summed E-state index contributed by atoms with van der Waals surface area (Å²) in [6.07, 6.45) is 0.848. The summed E-state index contributed by atoms with van der Waals surface area (Å²) in [7, 11) is 0. The SMILES string of the molecule is C=CCOc1ccc(F)cc1[C@H](C)O. The third-order valence-corrected chi connectivity index (χ3v) is 1.78. The van der Waals surface area contributed by atoms with Crippen LogP contribution in [0.4, 0.5) is 4.39 Å². The number of aliphatic hydroxyl groups excluding tert-OH is 1. The Morgan fingerprint density at radius 2 is 2.36 bits per heavy atom. The van der Waals surface area contributed by atoms with Crippen molar-refractivity contribution in [1.82, 2.24) is 0 Å². The first-order valence-electron chi connectivity index (χ1n) is 4.36. The van der Waals surface area contributed by atoms with Crippen LogP contribution in [0.5, 0.6) is 5.75 Å². The molecule has 0 saturated heterocycles. The minimum atomic E-state index is -0.745. The lowest BCUT2D eigenvalue weighted by atomic mass is 10.1. The summed E-state index contributed by atoms with van der Waals surface area (Å²) in [5.74, 6) is 0.105. The van der Waals surface area contributed by atoms with Crippen LogP contribution in [0.2, 0.25) is 0 Å². The fraction of sp³-hybridized carbons (Fsp3) is 0.273. The minimum Gasteiger partial charge on any atom is -0.489 e. The van der Waals surface area contributed by atoms with Gasteiger partial charge in [-0.05, 0) is 25.1 Å². The Hall–Kier alpha value is -1.35. The van der Waals surface area contributed by atoms with Crippen LogP contribution in [0.3, 0.4) is 0 Å². The molecule has 0 unspecified atom stereocenters. The highest BCUT2D eigenvalue weighted by Gasteiger charge is 2.09. The molecule has 0 heterocycles. The molecule has 14 heavy (non-hydrogen) atoms. The van der Waals surface area contributed by atoms with Crippen LogP contribution in [-0.2, 0) is 0 Å². The molecule has 76 valence electrons. The van der Waals surface area contributed by atoms with Crippen molar-refractivity contribution in [3.63, 3.8) is 0 Å². The van der Waals surface area contributed by atoms with Gasteiger partial charge in [-0.15, -0.1) is 0 Å². The fourth-order valence-corrected chi connectivity index (χ4v) is 1.13. The average Bonchev–Trinajstić information content (AvgIpc) is 2.15. The predicted molar refractivity (Wildman–Crippen MR) is 52.7 cm³/mol. The second kappa shape index (κ2) is 4.77. The number of halogens is 1. The van der Waals surface area contributed by atoms with Gasteiger partial charge in [-0.3, -0.25) is 0 Å². The van der Waals surface area contributed by atoms with Crippen molar-refractivity contribution in [3.05, 3.63) is 42.2 Å². The second-order valence-electron chi connectivity index (χ2n) is 2.96. The molecular weight excluding hydrogens is 183 g/mol. The van der Waals surface area contributed by atoms with Crippen LogP contribution in [0.25, 0.3) is 0 Å². The third kappa shape index (κ3) is 2.57. The monoisotopic (exact) mass is 196 g/mol. The number of rotatable bonds is 4. The zero-order chi connectivity index (χ0) is 10.6. The van der Waals surface area contributed by atoms with Crippen LogP contribution >= 0.6 is 0 Å². The summed E-state index contributed by atoms with van der Waals surface area (Å²) in [5, 5.41) is 9.36. The first-order valence-corrected chi connectivity index (χ1v) is 4.36. The molecule has 2 nitrogen and oxygen atoms in total. The molecule has 0 amide bonds. The Labute approximate surface area is 82.6 Å². The maximum atomic E-state index is 12.8. The largest absolute Gasteiger partial charge is 0.489 e. The van der Waals surface area contributed by atoms with Crippen LogP contribution < -0.4 is 4.74 Å². The van der Waals surface area contributed by atoms with Crippen molar-refractivity contribution in [3.8, 4) is 5.75 Å². The summed E-state index contributed by atoms with van der Waals surface area (Å²) in [6, 6.07) is 4.06. The third-order valence-electron chi connectivity index (χ3n) is 1.78. The van der Waals surface area contributed by atoms with Crippen LogP contribution in [0.15, 0.2) is 30.9 Å². The van der Waals surface area contributed by atoms with Crippen molar-refractivity contribution in [2.24, 2.45) is 0 Å². The van der Waals surface area contributed by atoms with Crippen LogP contribution in [0.1, 0.15) is 18.6 Å². The van der Waals surface area contributed by atoms with Gasteiger partial charge in [0, 0.05) is 5.56 Å². The van der Waals surface area contributed by atoms with Gasteiger partial charge in [0.2, 0.25) is 0 Å². The van der Waals surface area contributed by atoms with E-state index in [0.717, 1.165) is 0 Å². The second-order valence-corrected chi connectivity index (χ2v) is 2.96. The lowest BCUT2D eigenvalue weighted by Crippen LogP contribution is -2.00. The van der Waals surface area contributed by atoms with Gasteiger partial charge in [-0.2, -0.15) is 0 Å². The molecule has 1 rings (SSSR count). The molecule has 0 aliphatic rings. The topological polar surface area (TPSA) is 29.5 Å². The normalized spacial score (nSPS) is 12.2. The van der Waals surface area contributed by atoms with E-state index in [1.54, 1.807) is 13.0 Å². The van der Waals surface area contributed by atoms with Crippen molar-refractivity contribution >= 4 is 0 Å². The van der Waals surface area contributed by atoms with E-state index in [4.69, 9.17) is 4.74 Å². The molecule has 1 aromatic rings. The fourth-order valence-electron chi connectivity index (χ4n) is 1.13. The minimum absolute atomic E-state index is 0.339. The molecule has 0 spiro atoms.